The van der Waals surface area contributed by atoms with Crippen molar-refractivity contribution >= 4 is 21.7 Å². The van der Waals surface area contributed by atoms with E-state index in [4.69, 9.17) is 5.11 Å². The van der Waals surface area contributed by atoms with Gasteiger partial charge in [-0.2, -0.15) is 0 Å². The van der Waals surface area contributed by atoms with Crippen molar-refractivity contribution in [3.63, 3.8) is 0 Å². The molecular formula is C10H19NO6S. The van der Waals surface area contributed by atoms with Crippen LogP contribution in [0.4, 0.5) is 0 Å². The van der Waals surface area contributed by atoms with E-state index in [-0.39, 0.29) is 18.3 Å². The maximum atomic E-state index is 11.4. The van der Waals surface area contributed by atoms with Gasteiger partial charge in [-0.15, -0.1) is 0 Å². The van der Waals surface area contributed by atoms with Crippen molar-refractivity contribution in [3.8, 4) is 0 Å². The fraction of sp³-hybridized carbons (Fsp3) is 0.800. The van der Waals surface area contributed by atoms with Crippen molar-refractivity contribution in [1.29, 1.82) is 0 Å². The average molecular weight is 281 g/mol. The highest BCUT2D eigenvalue weighted by Gasteiger charge is 2.25. The van der Waals surface area contributed by atoms with Crippen LogP contribution >= 0.6 is 0 Å². The zero-order valence-corrected chi connectivity index (χ0v) is 11.5. The smallest absolute Gasteiger partial charge is 0.326 e. The molecule has 8 heteroatoms. The number of hydrogen-bond acceptors (Lipinski definition) is 5. The zero-order chi connectivity index (χ0) is 14.3. The van der Waals surface area contributed by atoms with Gasteiger partial charge < -0.3 is 15.2 Å². The summed E-state index contributed by atoms with van der Waals surface area (Å²) in [5.41, 5.74) is 0. The lowest BCUT2D eigenvalue weighted by Crippen LogP contribution is -2.46. The van der Waals surface area contributed by atoms with E-state index in [2.05, 4.69) is 10.1 Å². The number of carboxylic acid groups (broad SMARTS) is 1. The number of carboxylic acids is 1. The second-order valence-electron chi connectivity index (χ2n) is 4.21. The number of methoxy groups -OCH3 is 1. The van der Waals surface area contributed by atoms with Crippen LogP contribution in [-0.4, -0.2) is 56.7 Å². The third-order valence-corrected chi connectivity index (χ3v) is 3.69. The first kappa shape index (κ1) is 16.9. The predicted octanol–water partition coefficient (Wildman–Crippen LogP) is -0.727. The summed E-state index contributed by atoms with van der Waals surface area (Å²) in [5.74, 6) is -3.32. The van der Waals surface area contributed by atoms with Crippen LogP contribution in [-0.2, 0) is 24.2 Å². The monoisotopic (exact) mass is 281 g/mol. The molecule has 0 bridgehead atoms. The maximum Gasteiger partial charge on any atom is 0.326 e. The Labute approximate surface area is 106 Å². The van der Waals surface area contributed by atoms with E-state index in [1.54, 1.807) is 13.8 Å². The van der Waals surface area contributed by atoms with Crippen LogP contribution in [0.25, 0.3) is 0 Å². The Hall–Kier alpha value is -1.15. The number of carbonyl (C=O) groups excluding carboxylic acids is 1. The van der Waals surface area contributed by atoms with Crippen LogP contribution in [0.3, 0.4) is 0 Å². The van der Waals surface area contributed by atoms with Crippen molar-refractivity contribution in [2.45, 2.75) is 19.9 Å². The lowest BCUT2D eigenvalue weighted by Gasteiger charge is -2.17. The maximum absolute atomic E-state index is 11.4. The van der Waals surface area contributed by atoms with Crippen LogP contribution in [0.15, 0.2) is 0 Å². The molecule has 0 aromatic heterocycles. The molecule has 0 saturated heterocycles. The third-order valence-electron chi connectivity index (χ3n) is 2.20. The molecule has 1 atom stereocenters. The molecule has 0 aromatic carbocycles. The molecule has 0 aliphatic rings. The van der Waals surface area contributed by atoms with Gasteiger partial charge in [-0.05, 0) is 5.92 Å². The second kappa shape index (κ2) is 7.32. The SMILES string of the molecule is COCCS(=O)(=O)CC(=O)N[C@H](C(=O)O)C(C)C. The van der Waals surface area contributed by atoms with Crippen molar-refractivity contribution < 1.29 is 27.9 Å². The minimum Gasteiger partial charge on any atom is -0.480 e. The van der Waals surface area contributed by atoms with E-state index in [1.807, 2.05) is 0 Å². The van der Waals surface area contributed by atoms with Gasteiger partial charge in [-0.1, -0.05) is 13.8 Å². The summed E-state index contributed by atoms with van der Waals surface area (Å²) in [4.78, 5) is 22.3. The lowest BCUT2D eigenvalue weighted by atomic mass is 10.1. The van der Waals surface area contributed by atoms with E-state index in [1.165, 1.54) is 7.11 Å². The normalized spacial score (nSPS) is 13.3. The summed E-state index contributed by atoms with van der Waals surface area (Å²) in [6, 6.07) is -1.09. The summed E-state index contributed by atoms with van der Waals surface area (Å²) >= 11 is 0. The highest BCUT2D eigenvalue weighted by atomic mass is 32.2. The molecule has 0 saturated carbocycles. The van der Waals surface area contributed by atoms with E-state index >= 15 is 0 Å². The Morgan fingerprint density at radius 2 is 1.89 bits per heavy atom. The number of amides is 1. The Balaban J connectivity index is 4.46. The molecule has 0 heterocycles. The molecule has 0 unspecified atom stereocenters. The minimum atomic E-state index is -3.57. The molecular weight excluding hydrogens is 262 g/mol. The highest BCUT2D eigenvalue weighted by molar-refractivity contribution is 7.92. The van der Waals surface area contributed by atoms with Gasteiger partial charge in [0.1, 0.15) is 11.8 Å². The molecule has 106 valence electrons. The van der Waals surface area contributed by atoms with Gasteiger partial charge in [0.2, 0.25) is 5.91 Å². The molecule has 0 fully saturated rings. The fourth-order valence-electron chi connectivity index (χ4n) is 1.21. The fourth-order valence-corrected chi connectivity index (χ4v) is 2.26. The average Bonchev–Trinajstić information content (AvgIpc) is 2.21. The van der Waals surface area contributed by atoms with Gasteiger partial charge in [0.25, 0.3) is 0 Å². The zero-order valence-electron chi connectivity index (χ0n) is 10.7. The summed E-state index contributed by atoms with van der Waals surface area (Å²) in [6.07, 6.45) is 0. The summed E-state index contributed by atoms with van der Waals surface area (Å²) in [5, 5.41) is 11.0. The van der Waals surface area contributed by atoms with E-state index in [9.17, 15) is 18.0 Å². The number of sulfone groups is 1. The molecule has 0 aliphatic heterocycles. The van der Waals surface area contributed by atoms with E-state index in [0.29, 0.717) is 0 Å². The van der Waals surface area contributed by atoms with Crippen LogP contribution in [0, 0.1) is 5.92 Å². The summed E-state index contributed by atoms with van der Waals surface area (Å²) < 4.78 is 27.5. The van der Waals surface area contributed by atoms with Crippen LogP contribution in [0.5, 0.6) is 0 Å². The summed E-state index contributed by atoms with van der Waals surface area (Å²) in [6.45, 7) is 3.25. The van der Waals surface area contributed by atoms with Crippen molar-refractivity contribution in [2.24, 2.45) is 5.92 Å². The number of ether oxygens (including phenoxy) is 1. The first-order valence-electron chi connectivity index (χ1n) is 5.41. The summed E-state index contributed by atoms with van der Waals surface area (Å²) in [7, 11) is -2.21. The van der Waals surface area contributed by atoms with E-state index < -0.39 is 33.5 Å². The van der Waals surface area contributed by atoms with Crippen molar-refractivity contribution in [3.05, 3.63) is 0 Å². The van der Waals surface area contributed by atoms with Gasteiger partial charge in [0.15, 0.2) is 9.84 Å². The third kappa shape index (κ3) is 6.55. The van der Waals surface area contributed by atoms with Crippen molar-refractivity contribution in [2.75, 3.05) is 25.2 Å². The van der Waals surface area contributed by atoms with Crippen LogP contribution in [0.1, 0.15) is 13.8 Å². The molecule has 2 N–H and O–H groups in total. The molecule has 7 nitrogen and oxygen atoms in total. The minimum absolute atomic E-state index is 0.00214. The van der Waals surface area contributed by atoms with Gasteiger partial charge in [0.05, 0.1) is 12.4 Å². The van der Waals surface area contributed by atoms with Gasteiger partial charge >= 0.3 is 5.97 Å². The largest absolute Gasteiger partial charge is 0.480 e. The number of nitrogens with one attached hydrogen (secondary N) is 1. The molecule has 0 aliphatic carbocycles. The Kier molecular flexibility index (Phi) is 6.85. The van der Waals surface area contributed by atoms with Crippen molar-refractivity contribution in [1.82, 2.24) is 5.32 Å². The predicted molar refractivity (Wildman–Crippen MR) is 64.9 cm³/mol. The molecule has 0 rings (SSSR count). The first-order valence-corrected chi connectivity index (χ1v) is 7.23. The highest BCUT2D eigenvalue weighted by Crippen LogP contribution is 2.02. The number of aliphatic carboxylic acids is 1. The second-order valence-corrected chi connectivity index (χ2v) is 6.40. The van der Waals surface area contributed by atoms with E-state index in [0.717, 1.165) is 0 Å². The number of hydrogen-bond donors (Lipinski definition) is 2. The first-order chi connectivity index (χ1) is 8.19. The van der Waals surface area contributed by atoms with Crippen LogP contribution in [0.2, 0.25) is 0 Å². The topological polar surface area (TPSA) is 110 Å². The van der Waals surface area contributed by atoms with Gasteiger partial charge in [-0.3, -0.25) is 4.79 Å². The molecule has 0 spiro atoms. The quantitative estimate of drug-likeness (QED) is 0.607. The molecule has 1 amide bonds. The molecule has 18 heavy (non-hydrogen) atoms. The van der Waals surface area contributed by atoms with Crippen LogP contribution < -0.4 is 5.32 Å². The Bertz CT molecular complexity index is 389. The Morgan fingerprint density at radius 3 is 2.28 bits per heavy atom. The lowest BCUT2D eigenvalue weighted by molar-refractivity contribution is -0.142. The molecule has 0 radical (unpaired) electrons. The Morgan fingerprint density at radius 1 is 1.33 bits per heavy atom. The number of carbonyl (C=O) groups is 2. The van der Waals surface area contributed by atoms with Gasteiger partial charge in [0, 0.05) is 7.11 Å². The molecule has 0 aromatic rings. The van der Waals surface area contributed by atoms with Gasteiger partial charge in [-0.25, -0.2) is 13.2 Å². The standard InChI is InChI=1S/C10H19NO6S/c1-7(2)9(10(13)14)11-8(12)6-18(15,16)5-4-17-3/h7,9H,4-6H2,1-3H3,(H,11,12)(H,13,14)/t9-/m0/s1. The number of rotatable bonds is 8.